The zero-order valence-electron chi connectivity index (χ0n) is 13.1. The molecule has 0 spiro atoms. The molecule has 0 atom stereocenters. The summed E-state index contributed by atoms with van der Waals surface area (Å²) in [7, 11) is 0. The molecule has 6 heteroatoms. The third-order valence-electron chi connectivity index (χ3n) is 3.66. The summed E-state index contributed by atoms with van der Waals surface area (Å²) in [5.41, 5.74) is 2.56. The smallest absolute Gasteiger partial charge is 0.259 e. The van der Waals surface area contributed by atoms with E-state index in [-0.39, 0.29) is 11.7 Å². The lowest BCUT2D eigenvalue weighted by atomic mass is 10.1. The molecule has 0 radical (unpaired) electrons. The lowest BCUT2D eigenvalue weighted by Gasteiger charge is -2.07. The minimum Gasteiger partial charge on any atom is -0.298 e. The van der Waals surface area contributed by atoms with Gasteiger partial charge in [-0.15, -0.1) is 11.3 Å². The first kappa shape index (κ1) is 15.6. The molecule has 0 bridgehead atoms. The molecule has 0 aliphatic heterocycles. The largest absolute Gasteiger partial charge is 0.298 e. The highest BCUT2D eigenvalue weighted by molar-refractivity contribution is 7.15. The minimum absolute atomic E-state index is 0.252. The van der Waals surface area contributed by atoms with Crippen LogP contribution in [0.2, 0.25) is 0 Å². The second-order valence-corrected chi connectivity index (χ2v) is 6.49. The molecule has 1 amide bonds. The van der Waals surface area contributed by atoms with E-state index >= 15 is 0 Å². The fraction of sp³-hybridized carbons (Fsp3) is 0.235. The molecule has 1 aromatic carbocycles. The third-order valence-corrected chi connectivity index (χ3v) is 4.59. The molecule has 1 N–H and O–H groups in total. The first-order valence-electron chi connectivity index (χ1n) is 7.32. The molecule has 0 saturated carbocycles. The van der Waals surface area contributed by atoms with Gasteiger partial charge < -0.3 is 0 Å². The Kier molecular flexibility index (Phi) is 4.09. The monoisotopic (exact) mass is 329 g/mol. The number of nitrogens with one attached hydrogen (secondary N) is 1. The first-order valence-corrected chi connectivity index (χ1v) is 8.14. The fourth-order valence-corrected chi connectivity index (χ4v) is 3.34. The molecule has 0 unspecified atom stereocenters. The van der Waals surface area contributed by atoms with Crippen LogP contribution in [0.5, 0.6) is 0 Å². The van der Waals surface area contributed by atoms with E-state index in [4.69, 9.17) is 0 Å². The molecular weight excluding hydrogens is 313 g/mol. The summed E-state index contributed by atoms with van der Waals surface area (Å²) in [6, 6.07) is 6.07. The number of aromatic nitrogens is 2. The molecule has 3 rings (SSSR count). The van der Waals surface area contributed by atoms with Crippen LogP contribution < -0.4 is 5.32 Å². The summed E-state index contributed by atoms with van der Waals surface area (Å²) < 4.78 is 13.3. The van der Waals surface area contributed by atoms with Crippen LogP contribution in [-0.2, 0) is 6.42 Å². The highest BCUT2D eigenvalue weighted by Crippen LogP contribution is 2.24. The van der Waals surface area contributed by atoms with Crippen molar-refractivity contribution in [3.63, 3.8) is 0 Å². The van der Waals surface area contributed by atoms with Crippen LogP contribution >= 0.6 is 11.3 Å². The van der Waals surface area contributed by atoms with E-state index in [0.29, 0.717) is 21.9 Å². The zero-order valence-corrected chi connectivity index (χ0v) is 13.9. The standard InChI is InChI=1S/C17H16FN3OS/c1-4-14-10(3)23-17(20-14)21-16(22)13-7-11-5-6-12(18)8-15(11)19-9(13)2/h5-8H,4H2,1-3H3,(H,20,21,22). The van der Waals surface area contributed by atoms with Gasteiger partial charge in [0.25, 0.3) is 5.91 Å². The van der Waals surface area contributed by atoms with Gasteiger partial charge in [-0.2, -0.15) is 0 Å². The van der Waals surface area contributed by atoms with Gasteiger partial charge in [-0.3, -0.25) is 15.1 Å². The molecule has 23 heavy (non-hydrogen) atoms. The maximum atomic E-state index is 13.3. The Morgan fingerprint density at radius 3 is 2.74 bits per heavy atom. The van der Waals surface area contributed by atoms with E-state index in [2.05, 4.69) is 15.3 Å². The van der Waals surface area contributed by atoms with Crippen molar-refractivity contribution in [3.8, 4) is 0 Å². The predicted molar refractivity (Wildman–Crippen MR) is 90.6 cm³/mol. The number of thiazole rings is 1. The second-order valence-electron chi connectivity index (χ2n) is 5.29. The Morgan fingerprint density at radius 1 is 1.26 bits per heavy atom. The number of carbonyl (C=O) groups excluding carboxylic acids is 1. The lowest BCUT2D eigenvalue weighted by molar-refractivity contribution is 0.102. The molecular formula is C17H16FN3OS. The third kappa shape index (κ3) is 3.07. The van der Waals surface area contributed by atoms with Crippen LogP contribution in [0.1, 0.15) is 33.5 Å². The summed E-state index contributed by atoms with van der Waals surface area (Å²) >= 11 is 1.46. The Morgan fingerprint density at radius 2 is 2.04 bits per heavy atom. The number of hydrogen-bond donors (Lipinski definition) is 1. The second kappa shape index (κ2) is 6.04. The van der Waals surface area contributed by atoms with E-state index in [0.717, 1.165) is 22.4 Å². The van der Waals surface area contributed by atoms with Gasteiger partial charge in [0.1, 0.15) is 5.82 Å². The number of nitrogens with zero attached hydrogens (tertiary/aromatic N) is 2. The van der Waals surface area contributed by atoms with Gasteiger partial charge in [0, 0.05) is 16.3 Å². The summed E-state index contributed by atoms with van der Waals surface area (Å²) in [6.07, 6.45) is 0.834. The Bertz CT molecular complexity index is 904. The molecule has 118 valence electrons. The predicted octanol–water partition coefficient (Wildman–Crippen LogP) is 4.26. The van der Waals surface area contributed by atoms with E-state index in [9.17, 15) is 9.18 Å². The number of fused-ring (bicyclic) bond motifs is 1. The average Bonchev–Trinajstić information content (AvgIpc) is 2.85. The summed E-state index contributed by atoms with van der Waals surface area (Å²) in [4.78, 5) is 22.3. The number of carbonyl (C=O) groups is 1. The normalized spacial score (nSPS) is 11.0. The number of aryl methyl sites for hydroxylation is 3. The Balaban J connectivity index is 1.93. The van der Waals surface area contributed by atoms with Gasteiger partial charge in [0.2, 0.25) is 0 Å². The number of pyridine rings is 1. The van der Waals surface area contributed by atoms with Crippen LogP contribution in [0.25, 0.3) is 10.9 Å². The van der Waals surface area contributed by atoms with Crippen molar-refractivity contribution < 1.29 is 9.18 Å². The maximum Gasteiger partial charge on any atom is 0.259 e. The molecule has 3 aromatic rings. The molecule has 0 saturated heterocycles. The number of rotatable bonds is 3. The maximum absolute atomic E-state index is 13.3. The SMILES string of the molecule is CCc1nc(NC(=O)c2cc3ccc(F)cc3nc2C)sc1C. The van der Waals surface area contributed by atoms with E-state index in [1.165, 1.54) is 23.5 Å². The summed E-state index contributed by atoms with van der Waals surface area (Å²) in [6.45, 7) is 5.76. The van der Waals surface area contributed by atoms with E-state index in [1.807, 2.05) is 13.8 Å². The van der Waals surface area contributed by atoms with Crippen molar-refractivity contribution in [1.29, 1.82) is 0 Å². The molecule has 0 fully saturated rings. The number of amides is 1. The van der Waals surface area contributed by atoms with Gasteiger partial charge in [0.15, 0.2) is 5.13 Å². The topological polar surface area (TPSA) is 54.9 Å². The van der Waals surface area contributed by atoms with Crippen LogP contribution in [0.15, 0.2) is 24.3 Å². The van der Waals surface area contributed by atoms with Crippen molar-refractivity contribution in [2.24, 2.45) is 0 Å². The Hall–Kier alpha value is -2.34. The number of anilines is 1. The van der Waals surface area contributed by atoms with Crippen molar-refractivity contribution in [2.75, 3.05) is 5.32 Å². The minimum atomic E-state index is -0.341. The van der Waals surface area contributed by atoms with Crippen molar-refractivity contribution >= 4 is 33.3 Å². The fourth-order valence-electron chi connectivity index (χ4n) is 2.44. The highest BCUT2D eigenvalue weighted by Gasteiger charge is 2.15. The lowest BCUT2D eigenvalue weighted by Crippen LogP contribution is -2.14. The molecule has 0 aliphatic carbocycles. The summed E-state index contributed by atoms with van der Waals surface area (Å²) in [5, 5.41) is 4.14. The first-order chi connectivity index (χ1) is 11.0. The van der Waals surface area contributed by atoms with Crippen molar-refractivity contribution in [2.45, 2.75) is 27.2 Å². The average molecular weight is 329 g/mol. The number of hydrogen-bond acceptors (Lipinski definition) is 4. The van der Waals surface area contributed by atoms with Gasteiger partial charge in [0.05, 0.1) is 22.5 Å². The van der Waals surface area contributed by atoms with Crippen molar-refractivity contribution in [1.82, 2.24) is 9.97 Å². The van der Waals surface area contributed by atoms with Gasteiger partial charge in [-0.1, -0.05) is 6.92 Å². The van der Waals surface area contributed by atoms with Crippen LogP contribution in [0, 0.1) is 19.7 Å². The van der Waals surface area contributed by atoms with E-state index < -0.39 is 0 Å². The number of halogens is 1. The highest BCUT2D eigenvalue weighted by atomic mass is 32.1. The van der Waals surface area contributed by atoms with E-state index in [1.54, 1.807) is 19.1 Å². The summed E-state index contributed by atoms with van der Waals surface area (Å²) in [5.74, 6) is -0.593. The van der Waals surface area contributed by atoms with Gasteiger partial charge in [-0.25, -0.2) is 9.37 Å². The molecule has 4 nitrogen and oxygen atoms in total. The molecule has 2 heterocycles. The quantitative estimate of drug-likeness (QED) is 0.781. The van der Waals surface area contributed by atoms with Crippen molar-refractivity contribution in [3.05, 3.63) is 51.9 Å². The number of benzene rings is 1. The van der Waals surface area contributed by atoms with Crippen LogP contribution in [0.3, 0.4) is 0 Å². The molecule has 2 aromatic heterocycles. The van der Waals surface area contributed by atoms with Gasteiger partial charge in [-0.05, 0) is 38.5 Å². The van der Waals surface area contributed by atoms with Crippen LogP contribution in [-0.4, -0.2) is 15.9 Å². The zero-order chi connectivity index (χ0) is 16.6. The molecule has 0 aliphatic rings. The van der Waals surface area contributed by atoms with Gasteiger partial charge >= 0.3 is 0 Å². The Labute approximate surface area is 137 Å². The van der Waals surface area contributed by atoms with Crippen LogP contribution in [0.4, 0.5) is 9.52 Å².